The maximum absolute atomic E-state index is 14.0. The molecule has 2 atom stereocenters. The van der Waals surface area contributed by atoms with E-state index in [4.69, 9.17) is 0 Å². The Morgan fingerprint density at radius 1 is 1.23 bits per heavy atom. The zero-order valence-electron chi connectivity index (χ0n) is 16.6. The summed E-state index contributed by atoms with van der Waals surface area (Å²) in [7, 11) is 0. The summed E-state index contributed by atoms with van der Waals surface area (Å²) >= 11 is 0. The SMILES string of the molecule is C[C@@H]1CCC[N+]1(C(=O)CCc1nc2ccccc2[nH]1)C(=O)Nc1cc(F)ccc1F. The van der Waals surface area contributed by atoms with Gasteiger partial charge in [-0.2, -0.15) is 4.48 Å². The number of aryl methyl sites for hydroxylation is 1. The number of para-hydroxylation sites is 2. The number of hydrogen-bond donors (Lipinski definition) is 2. The minimum atomic E-state index is -0.746. The van der Waals surface area contributed by atoms with Crippen molar-refractivity contribution in [3.63, 3.8) is 0 Å². The van der Waals surface area contributed by atoms with Gasteiger partial charge in [-0.3, -0.25) is 5.32 Å². The molecule has 1 aliphatic heterocycles. The highest BCUT2D eigenvalue weighted by molar-refractivity contribution is 5.92. The molecule has 2 N–H and O–H groups in total. The number of H-pyrrole nitrogens is 1. The Morgan fingerprint density at radius 3 is 2.77 bits per heavy atom. The summed E-state index contributed by atoms with van der Waals surface area (Å²) < 4.78 is 27.1. The van der Waals surface area contributed by atoms with Crippen LogP contribution < -0.4 is 5.32 Å². The standard InChI is InChI=1S/C22H22F2N4O2/c1-14-5-4-12-28(14,22(30)27-19-13-15(23)8-9-16(19)24)21(29)11-10-20-25-17-6-2-3-7-18(17)26-20/h2-3,6-9,13-14H,4-5,10-12H2,1H3,(H-,25,26,27,30)/p+1/t14-,28?/m1/s1. The molecule has 0 radical (unpaired) electrons. The summed E-state index contributed by atoms with van der Waals surface area (Å²) in [5.41, 5.74) is 1.44. The lowest BCUT2D eigenvalue weighted by molar-refractivity contribution is -0.782. The van der Waals surface area contributed by atoms with Crippen molar-refractivity contribution < 1.29 is 22.9 Å². The molecule has 0 bridgehead atoms. The van der Waals surface area contributed by atoms with Crippen LogP contribution in [-0.4, -0.2) is 39.0 Å². The van der Waals surface area contributed by atoms with E-state index in [9.17, 15) is 18.4 Å². The summed E-state index contributed by atoms with van der Waals surface area (Å²) in [6, 6.07) is 9.56. The smallest absolute Gasteiger partial charge is 0.342 e. The number of quaternary nitrogens is 1. The van der Waals surface area contributed by atoms with E-state index in [1.807, 2.05) is 31.2 Å². The van der Waals surface area contributed by atoms with E-state index in [1.165, 1.54) is 0 Å². The molecule has 30 heavy (non-hydrogen) atoms. The van der Waals surface area contributed by atoms with Gasteiger partial charge in [-0.15, -0.1) is 0 Å². The van der Waals surface area contributed by atoms with Gasteiger partial charge in [0.25, 0.3) is 0 Å². The molecular weight excluding hydrogens is 390 g/mol. The zero-order chi connectivity index (χ0) is 21.3. The van der Waals surface area contributed by atoms with Crippen LogP contribution in [0.25, 0.3) is 11.0 Å². The van der Waals surface area contributed by atoms with Gasteiger partial charge in [-0.05, 0) is 31.2 Å². The number of carbonyl (C=O) groups excluding carboxylic acids is 2. The van der Waals surface area contributed by atoms with E-state index in [-0.39, 0.29) is 24.1 Å². The number of hydrogen-bond acceptors (Lipinski definition) is 3. The number of nitrogens with zero attached hydrogens (tertiary/aromatic N) is 2. The number of fused-ring (bicyclic) bond motifs is 1. The summed E-state index contributed by atoms with van der Waals surface area (Å²) in [6.45, 7) is 2.18. The van der Waals surface area contributed by atoms with Gasteiger partial charge in [0.05, 0.1) is 29.7 Å². The molecule has 4 rings (SSSR count). The van der Waals surface area contributed by atoms with Crippen molar-refractivity contribution in [2.45, 2.75) is 38.6 Å². The highest BCUT2D eigenvalue weighted by Crippen LogP contribution is 2.31. The van der Waals surface area contributed by atoms with Crippen LogP contribution in [0.2, 0.25) is 0 Å². The van der Waals surface area contributed by atoms with Crippen molar-refractivity contribution in [1.29, 1.82) is 0 Å². The Kier molecular flexibility index (Phi) is 5.34. The molecule has 0 spiro atoms. The first-order valence-corrected chi connectivity index (χ1v) is 10.0. The molecule has 3 amide bonds. The quantitative estimate of drug-likeness (QED) is 0.617. The predicted molar refractivity (Wildman–Crippen MR) is 109 cm³/mol. The van der Waals surface area contributed by atoms with E-state index < -0.39 is 22.1 Å². The highest BCUT2D eigenvalue weighted by Gasteiger charge is 2.52. The third-order valence-corrected chi connectivity index (χ3v) is 5.88. The van der Waals surface area contributed by atoms with Gasteiger partial charge < -0.3 is 4.98 Å². The molecule has 8 heteroatoms. The molecule has 156 valence electrons. The molecule has 1 aromatic heterocycles. The van der Waals surface area contributed by atoms with Crippen molar-refractivity contribution in [1.82, 2.24) is 9.97 Å². The molecule has 1 fully saturated rings. The second-order valence-electron chi connectivity index (χ2n) is 7.73. The van der Waals surface area contributed by atoms with Gasteiger partial charge >= 0.3 is 11.9 Å². The fourth-order valence-electron chi connectivity index (χ4n) is 4.22. The Balaban J connectivity index is 1.54. The van der Waals surface area contributed by atoms with Crippen molar-refractivity contribution in [3.8, 4) is 0 Å². The molecule has 2 heterocycles. The lowest BCUT2D eigenvalue weighted by Crippen LogP contribution is -2.60. The van der Waals surface area contributed by atoms with Crippen LogP contribution in [0, 0.1) is 11.6 Å². The Morgan fingerprint density at radius 2 is 2.03 bits per heavy atom. The number of rotatable bonds is 4. The van der Waals surface area contributed by atoms with Crippen LogP contribution in [-0.2, 0) is 11.2 Å². The number of halogens is 2. The number of nitrogens with one attached hydrogen (secondary N) is 2. The summed E-state index contributed by atoms with van der Waals surface area (Å²) in [5.74, 6) is -0.991. The summed E-state index contributed by atoms with van der Waals surface area (Å²) in [5, 5.41) is 2.44. The number of carbonyl (C=O) groups is 2. The number of aromatic nitrogens is 2. The maximum Gasteiger partial charge on any atom is 0.428 e. The van der Waals surface area contributed by atoms with Crippen LogP contribution >= 0.6 is 0 Å². The average Bonchev–Trinajstić information content (AvgIpc) is 3.32. The van der Waals surface area contributed by atoms with Gasteiger partial charge in [0.1, 0.15) is 23.5 Å². The van der Waals surface area contributed by atoms with Crippen molar-refractivity contribution >= 4 is 28.7 Å². The molecule has 1 unspecified atom stereocenters. The second kappa shape index (κ2) is 7.95. The summed E-state index contributed by atoms with van der Waals surface area (Å²) in [4.78, 5) is 34.0. The van der Waals surface area contributed by atoms with Gasteiger partial charge in [0.2, 0.25) is 0 Å². The van der Waals surface area contributed by atoms with Gasteiger partial charge in [-0.25, -0.2) is 23.4 Å². The molecule has 2 aromatic carbocycles. The van der Waals surface area contributed by atoms with Crippen LogP contribution in [0.4, 0.5) is 19.3 Å². The first-order valence-electron chi connectivity index (χ1n) is 10.0. The number of anilines is 1. The van der Waals surface area contributed by atoms with E-state index in [1.54, 1.807) is 0 Å². The molecule has 3 aromatic rings. The van der Waals surface area contributed by atoms with Gasteiger partial charge in [0.15, 0.2) is 0 Å². The number of imidazole rings is 1. The number of imide groups is 1. The number of aromatic amines is 1. The summed E-state index contributed by atoms with van der Waals surface area (Å²) in [6.07, 6.45) is 1.89. The predicted octanol–water partition coefficient (Wildman–Crippen LogP) is 4.53. The van der Waals surface area contributed by atoms with Crippen molar-refractivity contribution in [2.75, 3.05) is 11.9 Å². The van der Waals surface area contributed by atoms with Crippen molar-refractivity contribution in [2.24, 2.45) is 0 Å². The van der Waals surface area contributed by atoms with E-state index in [0.29, 0.717) is 31.6 Å². The van der Waals surface area contributed by atoms with Crippen LogP contribution in [0.5, 0.6) is 0 Å². The third kappa shape index (κ3) is 3.59. The third-order valence-electron chi connectivity index (χ3n) is 5.88. The fourth-order valence-corrected chi connectivity index (χ4v) is 4.22. The topological polar surface area (TPSA) is 74.8 Å². The van der Waals surface area contributed by atoms with Crippen LogP contribution in [0.3, 0.4) is 0 Å². The Labute approximate surface area is 172 Å². The monoisotopic (exact) mass is 413 g/mol. The Bertz CT molecular complexity index is 1080. The number of benzene rings is 2. The minimum Gasteiger partial charge on any atom is -0.342 e. The molecule has 6 nitrogen and oxygen atoms in total. The molecular formula is C22H23F2N4O2+. The maximum atomic E-state index is 14.0. The second-order valence-corrected chi connectivity index (χ2v) is 7.73. The lowest BCUT2D eigenvalue weighted by Gasteiger charge is -2.32. The first kappa shape index (κ1) is 20.2. The average molecular weight is 413 g/mol. The zero-order valence-corrected chi connectivity index (χ0v) is 16.6. The highest BCUT2D eigenvalue weighted by atomic mass is 19.1. The molecule has 0 saturated carbocycles. The van der Waals surface area contributed by atoms with Crippen LogP contribution in [0.1, 0.15) is 32.0 Å². The van der Waals surface area contributed by atoms with E-state index >= 15 is 0 Å². The number of likely N-dealkylation sites (tertiary alicyclic amines) is 1. The molecule has 1 saturated heterocycles. The largest absolute Gasteiger partial charge is 0.428 e. The van der Waals surface area contributed by atoms with Gasteiger partial charge in [0, 0.05) is 25.3 Å². The number of urea groups is 1. The van der Waals surface area contributed by atoms with E-state index in [2.05, 4.69) is 15.3 Å². The van der Waals surface area contributed by atoms with Gasteiger partial charge in [-0.1, -0.05) is 12.1 Å². The molecule has 1 aliphatic rings. The van der Waals surface area contributed by atoms with Crippen LogP contribution in [0.15, 0.2) is 42.5 Å². The fraction of sp³-hybridized carbons (Fsp3) is 0.318. The number of amides is 3. The normalized spacial score (nSPS) is 21.1. The minimum absolute atomic E-state index is 0.114. The van der Waals surface area contributed by atoms with Crippen molar-refractivity contribution in [3.05, 3.63) is 59.9 Å². The lowest BCUT2D eigenvalue weighted by atomic mass is 10.2. The van der Waals surface area contributed by atoms with E-state index in [0.717, 1.165) is 29.2 Å². The Hall–Kier alpha value is -3.13. The molecule has 0 aliphatic carbocycles. The first-order chi connectivity index (χ1) is 14.4.